The Balaban J connectivity index is 2.26. The van der Waals surface area contributed by atoms with Gasteiger partial charge >= 0.3 is 0 Å². The van der Waals surface area contributed by atoms with E-state index in [4.69, 9.17) is 5.26 Å². The van der Waals surface area contributed by atoms with Crippen molar-refractivity contribution >= 4 is 10.0 Å². The zero-order valence-electron chi connectivity index (χ0n) is 12.3. The quantitative estimate of drug-likeness (QED) is 0.920. The van der Waals surface area contributed by atoms with Gasteiger partial charge in [0.15, 0.2) is 0 Å². The minimum absolute atomic E-state index is 0.156. The Hall–Kier alpha value is -1.42. The highest BCUT2D eigenvalue weighted by Crippen LogP contribution is 2.27. The van der Waals surface area contributed by atoms with Crippen molar-refractivity contribution in [3.8, 4) is 6.07 Å². The zero-order chi connectivity index (χ0) is 15.6. The zero-order valence-corrected chi connectivity index (χ0v) is 13.1. The number of aryl methyl sites for hydroxylation is 1. The third-order valence-electron chi connectivity index (χ3n) is 4.12. The fourth-order valence-corrected chi connectivity index (χ4v) is 4.41. The van der Waals surface area contributed by atoms with E-state index in [9.17, 15) is 13.5 Å². The molecule has 1 atom stereocenters. The van der Waals surface area contributed by atoms with Gasteiger partial charge in [0.2, 0.25) is 10.0 Å². The van der Waals surface area contributed by atoms with Crippen molar-refractivity contribution in [2.24, 2.45) is 5.92 Å². The highest BCUT2D eigenvalue weighted by Gasteiger charge is 2.31. The monoisotopic (exact) mass is 308 g/mol. The van der Waals surface area contributed by atoms with Gasteiger partial charge in [-0.1, -0.05) is 6.07 Å². The number of nitriles is 1. The fraction of sp³-hybridized carbons (Fsp3) is 0.533. The van der Waals surface area contributed by atoms with E-state index >= 15 is 0 Å². The number of sulfonamides is 1. The van der Waals surface area contributed by atoms with Crippen molar-refractivity contribution in [1.29, 1.82) is 5.26 Å². The molecule has 0 amide bonds. The molecule has 0 bridgehead atoms. The van der Waals surface area contributed by atoms with Crippen molar-refractivity contribution in [2.45, 2.75) is 37.7 Å². The van der Waals surface area contributed by atoms with Crippen LogP contribution in [0.4, 0.5) is 0 Å². The van der Waals surface area contributed by atoms with E-state index < -0.39 is 16.1 Å². The van der Waals surface area contributed by atoms with Gasteiger partial charge in [0.1, 0.15) is 0 Å². The van der Waals surface area contributed by atoms with Gasteiger partial charge in [-0.15, -0.1) is 0 Å². The maximum Gasteiger partial charge on any atom is 0.243 e. The summed E-state index contributed by atoms with van der Waals surface area (Å²) in [6.45, 7) is 4.30. The number of aliphatic hydroxyl groups is 1. The second kappa shape index (κ2) is 6.14. The van der Waals surface area contributed by atoms with E-state index in [0.717, 1.165) is 0 Å². The van der Waals surface area contributed by atoms with Crippen LogP contribution in [0.25, 0.3) is 0 Å². The van der Waals surface area contributed by atoms with Crippen LogP contribution < -0.4 is 0 Å². The molecule has 1 aromatic rings. The summed E-state index contributed by atoms with van der Waals surface area (Å²) in [5.74, 6) is 0.156. The first-order valence-corrected chi connectivity index (χ1v) is 8.49. The summed E-state index contributed by atoms with van der Waals surface area (Å²) in [6, 6.07) is 6.69. The van der Waals surface area contributed by atoms with E-state index in [-0.39, 0.29) is 10.8 Å². The average molecular weight is 308 g/mol. The molecule has 6 heteroatoms. The second-order valence-electron chi connectivity index (χ2n) is 5.57. The van der Waals surface area contributed by atoms with Crippen LogP contribution in [-0.4, -0.2) is 37.0 Å². The molecule has 1 aliphatic rings. The Morgan fingerprint density at radius 3 is 2.52 bits per heavy atom. The molecular formula is C15H20N2O3S. The predicted molar refractivity (Wildman–Crippen MR) is 79.1 cm³/mol. The van der Waals surface area contributed by atoms with Crippen molar-refractivity contribution in [1.82, 2.24) is 4.31 Å². The van der Waals surface area contributed by atoms with E-state index in [1.54, 1.807) is 26.0 Å². The molecule has 1 N–H and O–H groups in total. The van der Waals surface area contributed by atoms with Gasteiger partial charge in [0, 0.05) is 13.1 Å². The molecule has 21 heavy (non-hydrogen) atoms. The molecule has 0 spiro atoms. The molecule has 1 saturated heterocycles. The molecule has 0 saturated carbocycles. The molecule has 0 aromatic heterocycles. The van der Waals surface area contributed by atoms with Gasteiger partial charge in [-0.3, -0.25) is 0 Å². The van der Waals surface area contributed by atoms with Crippen LogP contribution in [-0.2, 0) is 10.0 Å². The van der Waals surface area contributed by atoms with Crippen LogP contribution in [0.2, 0.25) is 0 Å². The smallest absolute Gasteiger partial charge is 0.243 e. The molecule has 1 unspecified atom stereocenters. The maximum atomic E-state index is 12.7. The van der Waals surface area contributed by atoms with E-state index in [2.05, 4.69) is 0 Å². The summed E-state index contributed by atoms with van der Waals surface area (Å²) in [7, 11) is -3.57. The van der Waals surface area contributed by atoms with Gasteiger partial charge < -0.3 is 5.11 Å². The third-order valence-corrected chi connectivity index (χ3v) is 6.16. The first kappa shape index (κ1) is 16.0. The van der Waals surface area contributed by atoms with Crippen LogP contribution in [0.15, 0.2) is 23.1 Å². The summed E-state index contributed by atoms with van der Waals surface area (Å²) in [5, 5.41) is 18.5. The fourth-order valence-electron chi connectivity index (χ4n) is 2.69. The molecule has 0 aliphatic carbocycles. The van der Waals surface area contributed by atoms with Crippen molar-refractivity contribution in [3.05, 3.63) is 29.3 Å². The van der Waals surface area contributed by atoms with E-state index in [0.29, 0.717) is 37.1 Å². The van der Waals surface area contributed by atoms with Crippen LogP contribution in [0, 0.1) is 24.2 Å². The largest absolute Gasteiger partial charge is 0.393 e. The SMILES string of the molecule is Cc1ccc(C#N)cc1S(=O)(=O)N1CCC(C(C)O)CC1. The second-order valence-corrected chi connectivity index (χ2v) is 7.48. The van der Waals surface area contributed by atoms with Crippen molar-refractivity contribution in [3.63, 3.8) is 0 Å². The first-order valence-electron chi connectivity index (χ1n) is 7.05. The Morgan fingerprint density at radius 2 is 2.00 bits per heavy atom. The molecule has 0 radical (unpaired) electrons. The number of piperidine rings is 1. The maximum absolute atomic E-state index is 12.7. The highest BCUT2D eigenvalue weighted by atomic mass is 32.2. The first-order chi connectivity index (χ1) is 9.86. The predicted octanol–water partition coefficient (Wildman–Crippen LogP) is 1.65. The standard InChI is InChI=1S/C15H20N2O3S/c1-11-3-4-13(10-16)9-15(11)21(19,20)17-7-5-14(6-8-17)12(2)18/h3-4,9,12,14,18H,5-8H2,1-2H3. The molecule has 5 nitrogen and oxygen atoms in total. The van der Waals surface area contributed by atoms with Gasteiger partial charge in [-0.2, -0.15) is 9.57 Å². The van der Waals surface area contributed by atoms with E-state index in [1.165, 1.54) is 10.4 Å². The lowest BCUT2D eigenvalue weighted by atomic mass is 9.93. The van der Waals surface area contributed by atoms with Crippen LogP contribution in [0.3, 0.4) is 0 Å². The van der Waals surface area contributed by atoms with Crippen molar-refractivity contribution in [2.75, 3.05) is 13.1 Å². The lowest BCUT2D eigenvalue weighted by molar-refractivity contribution is 0.0912. The minimum atomic E-state index is -3.57. The Morgan fingerprint density at radius 1 is 1.38 bits per heavy atom. The average Bonchev–Trinajstić information content (AvgIpc) is 2.47. The molecular weight excluding hydrogens is 288 g/mol. The lowest BCUT2D eigenvalue weighted by Crippen LogP contribution is -2.40. The number of hydrogen-bond acceptors (Lipinski definition) is 4. The van der Waals surface area contributed by atoms with Gasteiger partial charge in [-0.25, -0.2) is 8.42 Å². The number of benzene rings is 1. The summed E-state index contributed by atoms with van der Waals surface area (Å²) >= 11 is 0. The van der Waals surface area contributed by atoms with Crippen molar-refractivity contribution < 1.29 is 13.5 Å². The number of hydrogen-bond donors (Lipinski definition) is 1. The molecule has 1 fully saturated rings. The van der Waals surface area contributed by atoms with Crippen LogP contribution >= 0.6 is 0 Å². The number of nitrogens with zero attached hydrogens (tertiary/aromatic N) is 2. The van der Waals surface area contributed by atoms with Gasteiger partial charge in [0.25, 0.3) is 0 Å². The highest BCUT2D eigenvalue weighted by molar-refractivity contribution is 7.89. The van der Waals surface area contributed by atoms with Gasteiger partial charge in [-0.05, 0) is 50.3 Å². The summed E-state index contributed by atoms with van der Waals surface area (Å²) < 4.78 is 26.9. The summed E-state index contributed by atoms with van der Waals surface area (Å²) in [4.78, 5) is 0.206. The van der Waals surface area contributed by atoms with Crippen LogP contribution in [0.1, 0.15) is 30.9 Å². The van der Waals surface area contributed by atoms with Gasteiger partial charge in [0.05, 0.1) is 22.6 Å². The van der Waals surface area contributed by atoms with E-state index in [1.807, 2.05) is 6.07 Å². The Bertz CT molecular complexity index is 654. The molecule has 1 aromatic carbocycles. The molecule has 114 valence electrons. The summed E-state index contributed by atoms with van der Waals surface area (Å²) in [5.41, 5.74) is 0.990. The molecule has 2 rings (SSSR count). The number of rotatable bonds is 3. The molecule has 1 heterocycles. The van der Waals surface area contributed by atoms with Crippen LogP contribution in [0.5, 0.6) is 0 Å². The Kier molecular flexibility index (Phi) is 4.67. The Labute approximate surface area is 125 Å². The third kappa shape index (κ3) is 3.26. The topological polar surface area (TPSA) is 81.4 Å². The number of aliphatic hydroxyl groups excluding tert-OH is 1. The lowest BCUT2D eigenvalue weighted by Gasteiger charge is -2.32. The molecule has 1 aliphatic heterocycles. The minimum Gasteiger partial charge on any atom is -0.393 e. The summed E-state index contributed by atoms with van der Waals surface area (Å²) in [6.07, 6.45) is 0.917. The normalized spacial score (nSPS) is 19.1.